The second-order valence-electron chi connectivity index (χ2n) is 8.21. The molecule has 0 fully saturated rings. The number of rotatable bonds is 5. The molecule has 0 aliphatic carbocycles. The summed E-state index contributed by atoms with van der Waals surface area (Å²) in [4.78, 5) is 22.0. The smallest absolute Gasteiger partial charge is 0.258 e. The maximum absolute atomic E-state index is 13.2. The van der Waals surface area contributed by atoms with E-state index < -0.39 is 0 Å². The zero-order valence-electron chi connectivity index (χ0n) is 19.4. The molecule has 8 heteroatoms. The van der Waals surface area contributed by atoms with Crippen LogP contribution in [0.5, 0.6) is 5.75 Å². The lowest BCUT2D eigenvalue weighted by molar-refractivity contribution is 0.413. The van der Waals surface area contributed by atoms with Crippen LogP contribution in [0, 0.1) is 13.8 Å². The van der Waals surface area contributed by atoms with Gasteiger partial charge in [-0.2, -0.15) is 5.10 Å². The molecule has 1 aromatic carbocycles. The van der Waals surface area contributed by atoms with Gasteiger partial charge in [-0.15, -0.1) is 0 Å². The first kappa shape index (κ1) is 21.4. The van der Waals surface area contributed by atoms with E-state index in [0.29, 0.717) is 17.1 Å². The molecule has 0 spiro atoms. The summed E-state index contributed by atoms with van der Waals surface area (Å²) in [6.07, 6.45) is 3.47. The summed E-state index contributed by atoms with van der Waals surface area (Å²) in [5.74, 6) is 1.34. The number of aromatic nitrogens is 5. The van der Waals surface area contributed by atoms with Gasteiger partial charge in [-0.1, -0.05) is 6.07 Å². The number of benzene rings is 1. The lowest BCUT2D eigenvalue weighted by Crippen LogP contribution is -2.19. The minimum atomic E-state index is -0.0500. The molecule has 0 aliphatic rings. The molecule has 0 radical (unpaired) electrons. The van der Waals surface area contributed by atoms with Crippen molar-refractivity contribution in [3.05, 3.63) is 82.5 Å². The standard InChI is InChI=1S/C26H24N6O2/c1-15-5-6-18(29-25-12-23(30-31-25)22-8-7-19(34-4)14-28-22)11-20(15)21-10-17-13-27-16(2)9-24(17)32(3)26(21)33/h5-14H,1-4H3,(H2,29,30,31). The molecule has 0 amide bonds. The third-order valence-corrected chi connectivity index (χ3v) is 5.87. The number of pyridine rings is 3. The fraction of sp³-hybridized carbons (Fsp3) is 0.154. The van der Waals surface area contributed by atoms with Gasteiger partial charge in [0.25, 0.3) is 5.56 Å². The summed E-state index contributed by atoms with van der Waals surface area (Å²) >= 11 is 0. The highest BCUT2D eigenvalue weighted by atomic mass is 16.5. The molecular formula is C26H24N6O2. The average molecular weight is 453 g/mol. The molecule has 34 heavy (non-hydrogen) atoms. The summed E-state index contributed by atoms with van der Waals surface area (Å²) in [6.45, 7) is 3.92. The molecule has 170 valence electrons. The first-order chi connectivity index (χ1) is 16.4. The van der Waals surface area contributed by atoms with Crippen molar-refractivity contribution in [1.82, 2.24) is 24.7 Å². The molecule has 4 heterocycles. The van der Waals surface area contributed by atoms with E-state index in [2.05, 4.69) is 25.5 Å². The summed E-state index contributed by atoms with van der Waals surface area (Å²) in [5.41, 5.74) is 6.56. The molecule has 0 saturated carbocycles. The van der Waals surface area contributed by atoms with Gasteiger partial charge >= 0.3 is 0 Å². The topological polar surface area (TPSA) is 97.7 Å². The van der Waals surface area contributed by atoms with Gasteiger partial charge in [0.05, 0.1) is 30.2 Å². The Labute approximate surface area is 196 Å². The largest absolute Gasteiger partial charge is 0.495 e. The van der Waals surface area contributed by atoms with Crippen molar-refractivity contribution in [3.63, 3.8) is 0 Å². The van der Waals surface area contributed by atoms with E-state index in [1.807, 2.05) is 68.6 Å². The molecule has 5 aromatic rings. The highest BCUT2D eigenvalue weighted by molar-refractivity contribution is 5.85. The van der Waals surface area contributed by atoms with Gasteiger partial charge in [-0.3, -0.25) is 19.9 Å². The van der Waals surface area contributed by atoms with Crippen LogP contribution in [0.25, 0.3) is 33.4 Å². The molecular weight excluding hydrogens is 428 g/mol. The summed E-state index contributed by atoms with van der Waals surface area (Å²) < 4.78 is 6.84. The lowest BCUT2D eigenvalue weighted by Gasteiger charge is -2.13. The van der Waals surface area contributed by atoms with Crippen molar-refractivity contribution in [2.24, 2.45) is 7.05 Å². The summed E-state index contributed by atoms with van der Waals surface area (Å²) in [5, 5.41) is 11.6. The van der Waals surface area contributed by atoms with Gasteiger partial charge in [0.15, 0.2) is 5.82 Å². The van der Waals surface area contributed by atoms with E-state index in [4.69, 9.17) is 4.74 Å². The molecule has 0 unspecified atom stereocenters. The van der Waals surface area contributed by atoms with E-state index in [9.17, 15) is 4.79 Å². The molecule has 0 bridgehead atoms. The summed E-state index contributed by atoms with van der Waals surface area (Å²) in [7, 11) is 3.40. The zero-order chi connectivity index (χ0) is 23.8. The number of aryl methyl sites for hydroxylation is 3. The minimum absolute atomic E-state index is 0.0500. The van der Waals surface area contributed by atoms with E-state index in [-0.39, 0.29) is 5.56 Å². The number of hydrogen-bond acceptors (Lipinski definition) is 6. The van der Waals surface area contributed by atoms with Crippen LogP contribution >= 0.6 is 0 Å². The molecule has 5 rings (SSSR count). The maximum atomic E-state index is 13.2. The van der Waals surface area contributed by atoms with E-state index in [1.54, 1.807) is 24.9 Å². The number of hydrogen-bond donors (Lipinski definition) is 2. The Kier molecular flexibility index (Phi) is 5.33. The van der Waals surface area contributed by atoms with Crippen LogP contribution in [0.2, 0.25) is 0 Å². The van der Waals surface area contributed by atoms with Crippen molar-refractivity contribution in [2.45, 2.75) is 13.8 Å². The number of aromatic amines is 1. The SMILES string of the molecule is COc1ccc(-c2cc(Nc3ccc(C)c(-c4cc5cnc(C)cc5n(C)c4=O)c3)n[nH]2)nc1. The first-order valence-corrected chi connectivity index (χ1v) is 10.8. The summed E-state index contributed by atoms with van der Waals surface area (Å²) in [6, 6.07) is 15.4. The monoisotopic (exact) mass is 452 g/mol. The van der Waals surface area contributed by atoms with Crippen molar-refractivity contribution in [1.29, 1.82) is 0 Å². The van der Waals surface area contributed by atoms with Gasteiger partial charge in [0, 0.05) is 41.6 Å². The fourth-order valence-electron chi connectivity index (χ4n) is 3.97. The Morgan fingerprint density at radius 3 is 2.59 bits per heavy atom. The Bertz CT molecular complexity index is 1570. The number of methoxy groups -OCH3 is 1. The highest BCUT2D eigenvalue weighted by Gasteiger charge is 2.13. The maximum Gasteiger partial charge on any atom is 0.258 e. The molecule has 0 aliphatic heterocycles. The Hall–Kier alpha value is -4.46. The van der Waals surface area contributed by atoms with Gasteiger partial charge in [-0.05, 0) is 61.4 Å². The Morgan fingerprint density at radius 2 is 1.82 bits per heavy atom. The van der Waals surface area contributed by atoms with E-state index >= 15 is 0 Å². The number of nitrogens with one attached hydrogen (secondary N) is 2. The van der Waals surface area contributed by atoms with Crippen LogP contribution in [-0.4, -0.2) is 31.8 Å². The van der Waals surface area contributed by atoms with Crippen LogP contribution in [0.15, 0.2) is 65.7 Å². The Morgan fingerprint density at radius 1 is 0.971 bits per heavy atom. The van der Waals surface area contributed by atoms with Gasteiger partial charge < -0.3 is 14.6 Å². The van der Waals surface area contributed by atoms with Gasteiger partial charge in [0.1, 0.15) is 5.75 Å². The molecule has 4 aromatic heterocycles. The third kappa shape index (κ3) is 3.90. The van der Waals surface area contributed by atoms with Crippen molar-refractivity contribution >= 4 is 22.4 Å². The molecule has 0 atom stereocenters. The number of fused-ring (bicyclic) bond motifs is 1. The molecule has 8 nitrogen and oxygen atoms in total. The van der Waals surface area contributed by atoms with Crippen LogP contribution in [0.3, 0.4) is 0 Å². The van der Waals surface area contributed by atoms with Gasteiger partial charge in [0.2, 0.25) is 0 Å². The van der Waals surface area contributed by atoms with Crippen LogP contribution in [-0.2, 0) is 7.05 Å². The van der Waals surface area contributed by atoms with Crippen molar-refractivity contribution < 1.29 is 4.74 Å². The zero-order valence-corrected chi connectivity index (χ0v) is 19.4. The Balaban J connectivity index is 1.48. The predicted octanol–water partition coefficient (Wildman–Crippen LogP) is 4.75. The number of H-pyrrole nitrogens is 1. The van der Waals surface area contributed by atoms with Crippen LogP contribution in [0.4, 0.5) is 11.5 Å². The second-order valence-corrected chi connectivity index (χ2v) is 8.21. The lowest BCUT2D eigenvalue weighted by atomic mass is 9.99. The molecule has 0 saturated heterocycles. The number of nitrogens with zero attached hydrogens (tertiary/aromatic N) is 4. The fourth-order valence-corrected chi connectivity index (χ4v) is 3.97. The predicted molar refractivity (Wildman–Crippen MR) is 134 cm³/mol. The molecule has 2 N–H and O–H groups in total. The normalized spacial score (nSPS) is 11.1. The highest BCUT2D eigenvalue weighted by Crippen LogP contribution is 2.29. The van der Waals surface area contributed by atoms with Crippen molar-refractivity contribution in [2.75, 3.05) is 12.4 Å². The minimum Gasteiger partial charge on any atom is -0.495 e. The average Bonchev–Trinajstić information content (AvgIpc) is 3.31. The second kappa shape index (κ2) is 8.47. The van der Waals surface area contributed by atoms with E-state index in [0.717, 1.165) is 44.8 Å². The van der Waals surface area contributed by atoms with E-state index in [1.165, 1.54) is 0 Å². The van der Waals surface area contributed by atoms with Gasteiger partial charge in [-0.25, -0.2) is 0 Å². The number of ether oxygens (including phenoxy) is 1. The number of anilines is 2. The third-order valence-electron chi connectivity index (χ3n) is 5.87. The van der Waals surface area contributed by atoms with Crippen molar-refractivity contribution in [3.8, 4) is 28.3 Å². The quantitative estimate of drug-likeness (QED) is 0.399. The first-order valence-electron chi connectivity index (χ1n) is 10.8. The van der Waals surface area contributed by atoms with Crippen LogP contribution in [0.1, 0.15) is 11.3 Å². The van der Waals surface area contributed by atoms with Crippen LogP contribution < -0.4 is 15.6 Å².